The molecule has 5 aromatic carbocycles. The Morgan fingerprint density at radius 1 is 0.361 bits per heavy atom. The van der Waals surface area contributed by atoms with Crippen LogP contribution in [-0.2, 0) is 5.41 Å². The first-order valence-electron chi connectivity index (χ1n) is 12.5. The highest BCUT2D eigenvalue weighted by Gasteiger charge is 2.22. The lowest BCUT2D eigenvalue weighted by Crippen LogP contribution is -2.17. The summed E-state index contributed by atoms with van der Waals surface area (Å²) in [5.41, 5.74) is 8.13. The van der Waals surface area contributed by atoms with Crippen molar-refractivity contribution in [1.82, 2.24) is 0 Å². The lowest BCUT2D eigenvalue weighted by Gasteiger charge is -2.33. The van der Waals surface area contributed by atoms with E-state index in [1.165, 1.54) is 5.56 Å². The summed E-state index contributed by atoms with van der Waals surface area (Å²) in [5.74, 6) is 0. The van der Waals surface area contributed by atoms with Crippen LogP contribution in [0.4, 0.5) is 34.1 Å². The minimum absolute atomic E-state index is 0.103. The summed E-state index contributed by atoms with van der Waals surface area (Å²) in [5, 5.41) is 0. The zero-order valence-corrected chi connectivity index (χ0v) is 21.2. The summed E-state index contributed by atoms with van der Waals surface area (Å²) in [6.45, 7) is 6.76. The SMILES string of the molecule is CC(C)(C)c1ccc(N(c2ccccc2)c2ccccc2N(c2ccccc2)c2ccccc2)cc1. The number of hydrogen-bond acceptors (Lipinski definition) is 2. The van der Waals surface area contributed by atoms with Crippen LogP contribution in [-0.4, -0.2) is 0 Å². The van der Waals surface area contributed by atoms with Crippen molar-refractivity contribution in [3.8, 4) is 0 Å². The molecule has 5 aromatic rings. The highest BCUT2D eigenvalue weighted by molar-refractivity contribution is 5.91. The zero-order chi connectivity index (χ0) is 25.0. The molecule has 0 fully saturated rings. The van der Waals surface area contributed by atoms with Gasteiger partial charge in [0, 0.05) is 22.7 Å². The summed E-state index contributed by atoms with van der Waals surface area (Å²) in [4.78, 5) is 4.68. The molecule has 0 aliphatic heterocycles. The van der Waals surface area contributed by atoms with Crippen LogP contribution in [0.3, 0.4) is 0 Å². The maximum atomic E-state index is 2.35. The van der Waals surface area contributed by atoms with E-state index >= 15 is 0 Å². The van der Waals surface area contributed by atoms with Crippen molar-refractivity contribution in [2.75, 3.05) is 9.80 Å². The molecule has 5 rings (SSSR count). The molecule has 0 unspecified atom stereocenters. The van der Waals surface area contributed by atoms with E-state index in [0.717, 1.165) is 34.1 Å². The Morgan fingerprint density at radius 3 is 1.00 bits per heavy atom. The Kier molecular flexibility index (Phi) is 6.60. The maximum Gasteiger partial charge on any atom is 0.0702 e. The summed E-state index contributed by atoms with van der Waals surface area (Å²) in [6, 6.07) is 49.4. The number of rotatable bonds is 6. The van der Waals surface area contributed by atoms with Gasteiger partial charge in [-0.2, -0.15) is 0 Å². The summed E-state index contributed by atoms with van der Waals surface area (Å²) >= 11 is 0. The van der Waals surface area contributed by atoms with E-state index in [-0.39, 0.29) is 5.41 Å². The van der Waals surface area contributed by atoms with Gasteiger partial charge in [-0.1, -0.05) is 99.6 Å². The van der Waals surface area contributed by atoms with Gasteiger partial charge < -0.3 is 9.80 Å². The van der Waals surface area contributed by atoms with Gasteiger partial charge in [0.05, 0.1) is 11.4 Å². The van der Waals surface area contributed by atoms with E-state index < -0.39 is 0 Å². The topological polar surface area (TPSA) is 6.48 Å². The minimum atomic E-state index is 0.103. The number of anilines is 6. The second kappa shape index (κ2) is 10.1. The van der Waals surface area contributed by atoms with Gasteiger partial charge in [0.2, 0.25) is 0 Å². The number of hydrogen-bond donors (Lipinski definition) is 0. The van der Waals surface area contributed by atoms with Crippen LogP contribution in [0.2, 0.25) is 0 Å². The second-order valence-corrected chi connectivity index (χ2v) is 9.96. The monoisotopic (exact) mass is 468 g/mol. The van der Waals surface area contributed by atoms with E-state index in [9.17, 15) is 0 Å². The van der Waals surface area contributed by atoms with E-state index in [2.05, 4.69) is 170 Å². The molecule has 2 nitrogen and oxygen atoms in total. The average Bonchev–Trinajstić information content (AvgIpc) is 2.92. The molecule has 0 bridgehead atoms. The highest BCUT2D eigenvalue weighted by atomic mass is 15.2. The van der Waals surface area contributed by atoms with E-state index in [1.807, 2.05) is 0 Å². The van der Waals surface area contributed by atoms with Gasteiger partial charge in [0.15, 0.2) is 0 Å². The third-order valence-corrected chi connectivity index (χ3v) is 6.40. The van der Waals surface area contributed by atoms with Crippen LogP contribution >= 0.6 is 0 Å². The molecule has 0 aromatic heterocycles. The first-order chi connectivity index (χ1) is 17.5. The molecular weight excluding hydrogens is 436 g/mol. The van der Waals surface area contributed by atoms with E-state index in [1.54, 1.807) is 0 Å². The fourth-order valence-electron chi connectivity index (χ4n) is 4.54. The van der Waals surface area contributed by atoms with Crippen molar-refractivity contribution in [2.45, 2.75) is 26.2 Å². The van der Waals surface area contributed by atoms with Gasteiger partial charge in [-0.3, -0.25) is 0 Å². The predicted molar refractivity (Wildman–Crippen MR) is 155 cm³/mol. The lowest BCUT2D eigenvalue weighted by atomic mass is 9.87. The van der Waals surface area contributed by atoms with Gasteiger partial charge in [0.1, 0.15) is 0 Å². The fraction of sp³-hybridized carbons (Fsp3) is 0.118. The average molecular weight is 469 g/mol. The molecule has 178 valence electrons. The molecule has 2 heteroatoms. The van der Waals surface area contributed by atoms with Crippen molar-refractivity contribution in [3.63, 3.8) is 0 Å². The molecule has 0 heterocycles. The van der Waals surface area contributed by atoms with Crippen molar-refractivity contribution >= 4 is 34.1 Å². The third kappa shape index (κ3) is 4.89. The second-order valence-electron chi connectivity index (χ2n) is 9.96. The van der Waals surface area contributed by atoms with Crippen LogP contribution in [0.1, 0.15) is 26.3 Å². The Morgan fingerprint density at radius 2 is 0.667 bits per heavy atom. The largest absolute Gasteiger partial charge is 0.308 e. The van der Waals surface area contributed by atoms with Gasteiger partial charge in [0.25, 0.3) is 0 Å². The molecule has 0 aliphatic carbocycles. The van der Waals surface area contributed by atoms with E-state index in [4.69, 9.17) is 0 Å². The van der Waals surface area contributed by atoms with Crippen LogP contribution < -0.4 is 9.80 Å². The maximum absolute atomic E-state index is 2.35. The Balaban J connectivity index is 1.71. The quantitative estimate of drug-likeness (QED) is 0.245. The first-order valence-corrected chi connectivity index (χ1v) is 12.5. The molecule has 0 saturated heterocycles. The van der Waals surface area contributed by atoms with Crippen LogP contribution in [0.25, 0.3) is 0 Å². The highest BCUT2D eigenvalue weighted by Crippen LogP contribution is 2.45. The first kappa shape index (κ1) is 23.4. The molecular formula is C34H32N2. The van der Waals surface area contributed by atoms with Gasteiger partial charge in [-0.15, -0.1) is 0 Å². The fourth-order valence-corrected chi connectivity index (χ4v) is 4.54. The molecule has 0 saturated carbocycles. The molecule has 0 amide bonds. The lowest BCUT2D eigenvalue weighted by molar-refractivity contribution is 0.590. The Hall–Kier alpha value is -4.30. The Bertz CT molecular complexity index is 1350. The van der Waals surface area contributed by atoms with Crippen molar-refractivity contribution in [3.05, 3.63) is 145 Å². The van der Waals surface area contributed by atoms with Gasteiger partial charge in [-0.05, 0) is 71.6 Å². The summed E-state index contributed by atoms with van der Waals surface area (Å²) in [7, 11) is 0. The van der Waals surface area contributed by atoms with Gasteiger partial charge >= 0.3 is 0 Å². The number of para-hydroxylation sites is 5. The standard InChI is InChI=1S/C34H32N2/c1-34(2,3)27-23-25-31(26-24-27)36(30-19-11-6-12-20-30)33-22-14-13-21-32(33)35(28-15-7-4-8-16-28)29-17-9-5-10-18-29/h4-26H,1-3H3. The predicted octanol–water partition coefficient (Wildman–Crippen LogP) is 9.92. The minimum Gasteiger partial charge on any atom is -0.308 e. The van der Waals surface area contributed by atoms with Crippen LogP contribution in [0.5, 0.6) is 0 Å². The van der Waals surface area contributed by atoms with Crippen molar-refractivity contribution in [1.29, 1.82) is 0 Å². The zero-order valence-electron chi connectivity index (χ0n) is 21.2. The molecule has 0 radical (unpaired) electrons. The molecule has 0 spiro atoms. The molecule has 0 aliphatic rings. The third-order valence-electron chi connectivity index (χ3n) is 6.40. The molecule has 0 atom stereocenters. The molecule has 0 N–H and O–H groups in total. The van der Waals surface area contributed by atoms with Crippen molar-refractivity contribution < 1.29 is 0 Å². The summed E-state index contributed by atoms with van der Waals surface area (Å²) in [6.07, 6.45) is 0. The smallest absolute Gasteiger partial charge is 0.0702 e. The van der Waals surface area contributed by atoms with Gasteiger partial charge in [-0.25, -0.2) is 0 Å². The number of nitrogens with zero attached hydrogens (tertiary/aromatic N) is 2. The van der Waals surface area contributed by atoms with Crippen LogP contribution in [0.15, 0.2) is 140 Å². The molecule has 36 heavy (non-hydrogen) atoms. The normalized spacial score (nSPS) is 11.2. The van der Waals surface area contributed by atoms with Crippen LogP contribution in [0, 0.1) is 0 Å². The Labute approximate surface area is 215 Å². The van der Waals surface area contributed by atoms with Crippen molar-refractivity contribution in [2.24, 2.45) is 0 Å². The van der Waals surface area contributed by atoms with E-state index in [0.29, 0.717) is 0 Å². The summed E-state index contributed by atoms with van der Waals surface area (Å²) < 4.78 is 0. The number of benzene rings is 5.